The fourth-order valence-corrected chi connectivity index (χ4v) is 2.32. The first kappa shape index (κ1) is 14.2. The minimum atomic E-state index is -1.12. The number of anilines is 1. The zero-order valence-corrected chi connectivity index (χ0v) is 12.1. The Bertz CT molecular complexity index is 734. The van der Waals surface area contributed by atoms with Crippen LogP contribution in [0.15, 0.2) is 24.5 Å². The van der Waals surface area contributed by atoms with E-state index < -0.39 is 11.9 Å². The number of carbonyl (C=O) groups excluding carboxylic acids is 1. The second-order valence-electron chi connectivity index (χ2n) is 5.27. The van der Waals surface area contributed by atoms with Crippen molar-refractivity contribution in [3.05, 3.63) is 41.3 Å². The molecule has 22 heavy (non-hydrogen) atoms. The molecule has 1 aliphatic rings. The Morgan fingerprint density at radius 2 is 2.05 bits per heavy atom. The van der Waals surface area contributed by atoms with Gasteiger partial charge in [0.2, 0.25) is 0 Å². The molecule has 0 radical (unpaired) electrons. The van der Waals surface area contributed by atoms with E-state index in [1.54, 1.807) is 0 Å². The van der Waals surface area contributed by atoms with Crippen LogP contribution in [0.2, 0.25) is 0 Å². The van der Waals surface area contributed by atoms with Crippen molar-refractivity contribution in [3.8, 4) is 0 Å². The molecule has 1 fully saturated rings. The lowest BCUT2D eigenvalue weighted by atomic mass is 10.2. The molecule has 0 atom stereocenters. The molecule has 0 aromatic carbocycles. The van der Waals surface area contributed by atoms with Crippen LogP contribution in [0.25, 0.3) is 0 Å². The number of aromatic nitrogens is 3. The molecule has 3 rings (SSSR count). The van der Waals surface area contributed by atoms with E-state index in [4.69, 9.17) is 5.11 Å². The van der Waals surface area contributed by atoms with Gasteiger partial charge < -0.3 is 10.4 Å². The van der Waals surface area contributed by atoms with Crippen molar-refractivity contribution in [1.82, 2.24) is 14.8 Å². The Kier molecular flexibility index (Phi) is 3.62. The Morgan fingerprint density at radius 1 is 1.32 bits per heavy atom. The summed E-state index contributed by atoms with van der Waals surface area (Å²) in [5.74, 6) is -0.517. The Hall–Kier alpha value is -2.70. The van der Waals surface area contributed by atoms with Crippen molar-refractivity contribution in [1.29, 1.82) is 0 Å². The largest absolute Gasteiger partial charge is 0.478 e. The van der Waals surface area contributed by atoms with E-state index in [9.17, 15) is 9.59 Å². The quantitative estimate of drug-likeness (QED) is 0.881. The van der Waals surface area contributed by atoms with Crippen LogP contribution in [-0.4, -0.2) is 31.7 Å². The second-order valence-corrected chi connectivity index (χ2v) is 5.27. The molecule has 0 saturated heterocycles. The highest BCUT2D eigenvalue weighted by Gasteiger charge is 2.28. The Morgan fingerprint density at radius 3 is 2.68 bits per heavy atom. The van der Waals surface area contributed by atoms with Gasteiger partial charge in [0.05, 0.1) is 11.1 Å². The number of hydrogen-bond donors (Lipinski definition) is 2. The summed E-state index contributed by atoms with van der Waals surface area (Å²) in [6.07, 6.45) is 4.85. The molecule has 7 heteroatoms. The molecule has 1 saturated carbocycles. The summed E-state index contributed by atoms with van der Waals surface area (Å²) >= 11 is 0. The van der Waals surface area contributed by atoms with Crippen molar-refractivity contribution in [2.45, 2.75) is 32.2 Å². The number of rotatable bonds is 5. The van der Waals surface area contributed by atoms with E-state index in [1.165, 1.54) is 18.5 Å². The van der Waals surface area contributed by atoms with E-state index in [1.807, 2.05) is 17.7 Å². The maximum Gasteiger partial charge on any atom is 0.337 e. The standard InChI is InChI=1S/C15H16N4O3/c1-2-19-12(9-3-4-9)6-13(18-19)17-14(20)10-5-11(15(21)22)8-16-7-10/h5-9H,2-4H2,1H3,(H,21,22)(H,17,18,20). The number of hydrogen-bond acceptors (Lipinski definition) is 4. The van der Waals surface area contributed by atoms with Crippen LogP contribution in [-0.2, 0) is 6.54 Å². The van der Waals surface area contributed by atoms with Crippen LogP contribution in [0.3, 0.4) is 0 Å². The first-order valence-electron chi connectivity index (χ1n) is 7.16. The average molecular weight is 300 g/mol. The molecule has 2 N–H and O–H groups in total. The number of amides is 1. The van der Waals surface area contributed by atoms with Gasteiger partial charge in [-0.1, -0.05) is 0 Å². The molecule has 1 amide bonds. The lowest BCUT2D eigenvalue weighted by molar-refractivity contribution is 0.0696. The summed E-state index contributed by atoms with van der Waals surface area (Å²) in [7, 11) is 0. The molecule has 0 spiro atoms. The molecule has 1 aliphatic carbocycles. The molecule has 0 bridgehead atoms. The summed E-state index contributed by atoms with van der Waals surface area (Å²) in [6, 6.07) is 3.18. The van der Waals surface area contributed by atoms with Gasteiger partial charge in [0.1, 0.15) is 0 Å². The topological polar surface area (TPSA) is 97.1 Å². The van der Waals surface area contributed by atoms with Crippen LogP contribution in [0.1, 0.15) is 52.1 Å². The van der Waals surface area contributed by atoms with Gasteiger partial charge >= 0.3 is 5.97 Å². The zero-order valence-electron chi connectivity index (χ0n) is 12.1. The first-order valence-corrected chi connectivity index (χ1v) is 7.16. The predicted octanol–water partition coefficient (Wildman–Crippen LogP) is 2.13. The van der Waals surface area contributed by atoms with Crippen LogP contribution in [0.4, 0.5) is 5.82 Å². The fourth-order valence-electron chi connectivity index (χ4n) is 2.32. The molecule has 2 aromatic rings. The molecule has 2 heterocycles. The molecule has 114 valence electrons. The van der Waals surface area contributed by atoms with Gasteiger partial charge in [-0.15, -0.1) is 0 Å². The third kappa shape index (κ3) is 2.83. The van der Waals surface area contributed by atoms with E-state index in [-0.39, 0.29) is 11.1 Å². The number of nitrogens with zero attached hydrogens (tertiary/aromatic N) is 3. The van der Waals surface area contributed by atoms with Gasteiger partial charge in [-0.3, -0.25) is 14.5 Å². The van der Waals surface area contributed by atoms with Gasteiger partial charge in [-0.2, -0.15) is 5.10 Å². The van der Waals surface area contributed by atoms with Crippen molar-refractivity contribution < 1.29 is 14.7 Å². The van der Waals surface area contributed by atoms with Crippen molar-refractivity contribution in [3.63, 3.8) is 0 Å². The van der Waals surface area contributed by atoms with Crippen LogP contribution >= 0.6 is 0 Å². The zero-order chi connectivity index (χ0) is 15.7. The van der Waals surface area contributed by atoms with Crippen LogP contribution in [0.5, 0.6) is 0 Å². The number of pyridine rings is 1. The maximum atomic E-state index is 12.2. The number of nitrogens with one attached hydrogen (secondary N) is 1. The lowest BCUT2D eigenvalue weighted by Gasteiger charge is -2.02. The molecule has 0 aliphatic heterocycles. The fraction of sp³-hybridized carbons (Fsp3) is 0.333. The third-order valence-electron chi connectivity index (χ3n) is 3.60. The highest BCUT2D eigenvalue weighted by molar-refractivity contribution is 6.04. The molecular formula is C15H16N4O3. The smallest absolute Gasteiger partial charge is 0.337 e. The van der Waals surface area contributed by atoms with E-state index >= 15 is 0 Å². The number of aryl methyl sites for hydroxylation is 1. The summed E-state index contributed by atoms with van der Waals surface area (Å²) in [5, 5.41) is 16.0. The third-order valence-corrected chi connectivity index (χ3v) is 3.60. The number of carboxylic acid groups (broad SMARTS) is 1. The van der Waals surface area contributed by atoms with Gasteiger partial charge in [0.25, 0.3) is 5.91 Å². The summed E-state index contributed by atoms with van der Waals surface area (Å²) in [4.78, 5) is 26.9. The average Bonchev–Trinajstić information content (AvgIpc) is 3.28. The normalized spacial score (nSPS) is 13.9. The van der Waals surface area contributed by atoms with Gasteiger partial charge in [-0.05, 0) is 25.8 Å². The highest BCUT2D eigenvalue weighted by Crippen LogP contribution is 2.40. The number of aromatic carboxylic acids is 1. The van der Waals surface area contributed by atoms with Crippen molar-refractivity contribution >= 4 is 17.7 Å². The number of carboxylic acids is 1. The Balaban J connectivity index is 1.79. The lowest BCUT2D eigenvalue weighted by Crippen LogP contribution is -2.14. The highest BCUT2D eigenvalue weighted by atomic mass is 16.4. The second kappa shape index (κ2) is 5.59. The van der Waals surface area contributed by atoms with Crippen LogP contribution in [0, 0.1) is 0 Å². The van der Waals surface area contributed by atoms with Gasteiger partial charge in [0.15, 0.2) is 5.82 Å². The molecular weight excluding hydrogens is 284 g/mol. The minimum absolute atomic E-state index is 0.0228. The SMILES string of the molecule is CCn1nc(NC(=O)c2cncc(C(=O)O)c2)cc1C1CC1. The minimum Gasteiger partial charge on any atom is -0.478 e. The van der Waals surface area contributed by atoms with E-state index in [0.717, 1.165) is 25.1 Å². The summed E-state index contributed by atoms with van der Waals surface area (Å²) in [6.45, 7) is 2.75. The molecule has 7 nitrogen and oxygen atoms in total. The molecule has 2 aromatic heterocycles. The summed E-state index contributed by atoms with van der Waals surface area (Å²) < 4.78 is 1.89. The Labute approximate surface area is 127 Å². The first-order chi connectivity index (χ1) is 10.6. The molecule has 0 unspecified atom stereocenters. The predicted molar refractivity (Wildman–Crippen MR) is 79.0 cm³/mol. The van der Waals surface area contributed by atoms with Crippen molar-refractivity contribution in [2.75, 3.05) is 5.32 Å². The maximum absolute atomic E-state index is 12.2. The van der Waals surface area contributed by atoms with Gasteiger partial charge in [-0.25, -0.2) is 4.79 Å². The van der Waals surface area contributed by atoms with E-state index in [2.05, 4.69) is 15.4 Å². The van der Waals surface area contributed by atoms with E-state index in [0.29, 0.717) is 11.7 Å². The van der Waals surface area contributed by atoms with Gasteiger partial charge in [0, 0.05) is 36.6 Å². The van der Waals surface area contributed by atoms with Crippen molar-refractivity contribution in [2.24, 2.45) is 0 Å². The number of carbonyl (C=O) groups is 2. The monoisotopic (exact) mass is 300 g/mol. The van der Waals surface area contributed by atoms with Crippen LogP contribution < -0.4 is 5.32 Å². The summed E-state index contributed by atoms with van der Waals surface area (Å²) in [5.41, 5.74) is 1.31.